The molecule has 0 heterocycles. The monoisotopic (exact) mass is 302 g/mol. The van der Waals surface area contributed by atoms with Crippen molar-refractivity contribution >= 4 is 17.3 Å². The lowest BCUT2D eigenvalue weighted by Crippen LogP contribution is -2.05. The van der Waals surface area contributed by atoms with Crippen molar-refractivity contribution in [1.82, 2.24) is 0 Å². The molecule has 0 atom stereocenters. The van der Waals surface area contributed by atoms with Gasteiger partial charge in [-0.05, 0) is 29.8 Å². The van der Waals surface area contributed by atoms with Gasteiger partial charge in [-0.15, -0.1) is 0 Å². The summed E-state index contributed by atoms with van der Waals surface area (Å²) in [5.74, 6) is -0.516. The lowest BCUT2D eigenvalue weighted by atomic mass is 10.1. The average Bonchev–Trinajstić information content (AvgIpc) is 2.52. The average molecular weight is 302 g/mol. The van der Waals surface area contributed by atoms with Gasteiger partial charge in [-0.3, -0.25) is 10.1 Å². The number of hydrogen-bond donors (Lipinski definition) is 2. The third-order valence-electron chi connectivity index (χ3n) is 3.06. The quantitative estimate of drug-likeness (QED) is 0.628. The van der Waals surface area contributed by atoms with Crippen LogP contribution < -0.4 is 10.1 Å². The predicted molar refractivity (Wildman–Crippen MR) is 80.4 cm³/mol. The number of anilines is 1. The fourth-order valence-corrected chi connectivity index (χ4v) is 1.94. The number of nitro benzene ring substituents is 1. The largest absolute Gasteiger partial charge is 0.497 e. The molecule has 0 aliphatic heterocycles. The minimum absolute atomic E-state index is 0.126. The van der Waals surface area contributed by atoms with Crippen molar-refractivity contribution in [3.8, 4) is 5.75 Å². The summed E-state index contributed by atoms with van der Waals surface area (Å²) in [7, 11) is 1.56. The molecule has 0 unspecified atom stereocenters. The van der Waals surface area contributed by atoms with Gasteiger partial charge in [0.1, 0.15) is 11.4 Å². The third-order valence-corrected chi connectivity index (χ3v) is 3.06. The number of nitrogens with zero attached hydrogens (tertiary/aromatic N) is 1. The van der Waals surface area contributed by atoms with Crippen LogP contribution in [0.1, 0.15) is 15.9 Å². The SMILES string of the molecule is COc1cccc(CNc2ccc(C(=O)O)cc2[N+](=O)[O-])c1. The Balaban J connectivity index is 2.21. The summed E-state index contributed by atoms with van der Waals surface area (Å²) in [5.41, 5.74) is 0.746. The standard InChI is InChI=1S/C15H14N2O5/c1-22-12-4-2-3-10(7-12)9-16-13-6-5-11(15(18)19)8-14(13)17(20)21/h2-8,16H,9H2,1H3,(H,18,19). The maximum atomic E-state index is 11.1. The molecule has 7 heteroatoms. The summed E-state index contributed by atoms with van der Waals surface area (Å²) in [5, 5.41) is 22.9. The third kappa shape index (κ3) is 3.51. The zero-order valence-corrected chi connectivity index (χ0v) is 11.8. The van der Waals surface area contributed by atoms with E-state index in [1.807, 2.05) is 18.2 Å². The van der Waals surface area contributed by atoms with Crippen LogP contribution in [0.2, 0.25) is 0 Å². The van der Waals surface area contributed by atoms with Crippen molar-refractivity contribution in [2.45, 2.75) is 6.54 Å². The Kier molecular flexibility index (Phi) is 4.57. The summed E-state index contributed by atoms with van der Waals surface area (Å²) in [6.07, 6.45) is 0. The molecule has 2 aromatic rings. The van der Waals surface area contributed by atoms with E-state index < -0.39 is 10.9 Å². The lowest BCUT2D eigenvalue weighted by molar-refractivity contribution is -0.384. The van der Waals surface area contributed by atoms with Gasteiger partial charge in [0.25, 0.3) is 5.69 Å². The second kappa shape index (κ2) is 6.57. The van der Waals surface area contributed by atoms with Gasteiger partial charge >= 0.3 is 5.97 Å². The Morgan fingerprint density at radius 3 is 2.73 bits per heavy atom. The number of carbonyl (C=O) groups is 1. The van der Waals surface area contributed by atoms with Crippen molar-refractivity contribution in [2.75, 3.05) is 12.4 Å². The maximum Gasteiger partial charge on any atom is 0.335 e. The number of carboxylic acid groups (broad SMARTS) is 1. The van der Waals surface area contributed by atoms with E-state index in [2.05, 4.69) is 5.32 Å². The van der Waals surface area contributed by atoms with Gasteiger partial charge in [0.2, 0.25) is 0 Å². The number of rotatable bonds is 6. The first kappa shape index (κ1) is 15.3. The molecule has 0 saturated carbocycles. The number of nitro groups is 1. The van der Waals surface area contributed by atoms with E-state index in [0.717, 1.165) is 11.6 Å². The van der Waals surface area contributed by atoms with Crippen molar-refractivity contribution in [3.05, 3.63) is 63.7 Å². The van der Waals surface area contributed by atoms with Crippen LogP contribution >= 0.6 is 0 Å². The zero-order chi connectivity index (χ0) is 16.1. The number of nitrogens with one attached hydrogen (secondary N) is 1. The van der Waals surface area contributed by atoms with E-state index in [4.69, 9.17) is 9.84 Å². The molecule has 0 aliphatic rings. The molecule has 0 spiro atoms. The van der Waals surface area contributed by atoms with Gasteiger partial charge < -0.3 is 15.2 Å². The fraction of sp³-hybridized carbons (Fsp3) is 0.133. The van der Waals surface area contributed by atoms with Crippen LogP contribution in [-0.2, 0) is 6.54 Å². The molecule has 0 aromatic heterocycles. The second-order valence-electron chi connectivity index (χ2n) is 4.50. The summed E-state index contributed by atoms with van der Waals surface area (Å²) < 4.78 is 5.11. The fourth-order valence-electron chi connectivity index (χ4n) is 1.94. The number of hydrogen-bond acceptors (Lipinski definition) is 5. The Labute approximate surface area is 126 Å². The zero-order valence-electron chi connectivity index (χ0n) is 11.8. The first-order valence-corrected chi connectivity index (χ1v) is 6.40. The summed E-state index contributed by atoms with van der Waals surface area (Å²) in [4.78, 5) is 21.3. The minimum Gasteiger partial charge on any atom is -0.497 e. The number of aromatic carboxylic acids is 1. The van der Waals surface area contributed by atoms with E-state index in [0.29, 0.717) is 12.3 Å². The summed E-state index contributed by atoms with van der Waals surface area (Å²) in [6.45, 7) is 0.352. The van der Waals surface area contributed by atoms with E-state index >= 15 is 0 Å². The second-order valence-corrected chi connectivity index (χ2v) is 4.50. The Hall–Kier alpha value is -3.09. The number of ether oxygens (including phenoxy) is 1. The minimum atomic E-state index is -1.21. The molecule has 2 N–H and O–H groups in total. The van der Waals surface area contributed by atoms with Crippen LogP contribution in [0.5, 0.6) is 5.75 Å². The molecule has 0 bridgehead atoms. The number of benzene rings is 2. The first-order valence-electron chi connectivity index (χ1n) is 6.40. The van der Waals surface area contributed by atoms with Crippen molar-refractivity contribution < 1.29 is 19.6 Å². The van der Waals surface area contributed by atoms with E-state index in [9.17, 15) is 14.9 Å². The molecule has 114 valence electrons. The Bertz CT molecular complexity index is 715. The van der Waals surface area contributed by atoms with Gasteiger partial charge in [-0.2, -0.15) is 0 Å². The highest BCUT2D eigenvalue weighted by Crippen LogP contribution is 2.26. The van der Waals surface area contributed by atoms with Gasteiger partial charge in [0.05, 0.1) is 17.6 Å². The molecule has 22 heavy (non-hydrogen) atoms. The smallest absolute Gasteiger partial charge is 0.335 e. The molecule has 7 nitrogen and oxygen atoms in total. The molecule has 0 fully saturated rings. The van der Waals surface area contributed by atoms with Crippen molar-refractivity contribution in [1.29, 1.82) is 0 Å². The van der Waals surface area contributed by atoms with Gasteiger partial charge in [0.15, 0.2) is 0 Å². The first-order chi connectivity index (χ1) is 10.5. The van der Waals surface area contributed by atoms with E-state index in [1.165, 1.54) is 12.1 Å². The highest BCUT2D eigenvalue weighted by atomic mass is 16.6. The van der Waals surface area contributed by atoms with Crippen molar-refractivity contribution in [2.24, 2.45) is 0 Å². The van der Waals surface area contributed by atoms with E-state index in [1.54, 1.807) is 13.2 Å². The summed E-state index contributed by atoms with van der Waals surface area (Å²) in [6, 6.07) is 11.0. The Morgan fingerprint density at radius 1 is 1.32 bits per heavy atom. The highest BCUT2D eigenvalue weighted by Gasteiger charge is 2.17. The molecule has 0 amide bonds. The normalized spacial score (nSPS) is 10.0. The molecule has 2 aromatic carbocycles. The van der Waals surface area contributed by atoms with Gasteiger partial charge in [-0.1, -0.05) is 12.1 Å². The molecule has 0 saturated heterocycles. The van der Waals surface area contributed by atoms with Crippen LogP contribution in [0.15, 0.2) is 42.5 Å². The molecular weight excluding hydrogens is 288 g/mol. The Morgan fingerprint density at radius 2 is 2.09 bits per heavy atom. The van der Waals surface area contributed by atoms with Crippen LogP contribution in [0, 0.1) is 10.1 Å². The van der Waals surface area contributed by atoms with Crippen LogP contribution in [0.3, 0.4) is 0 Å². The lowest BCUT2D eigenvalue weighted by Gasteiger charge is -2.09. The topological polar surface area (TPSA) is 102 Å². The molecular formula is C15H14N2O5. The summed E-state index contributed by atoms with van der Waals surface area (Å²) >= 11 is 0. The van der Waals surface area contributed by atoms with Crippen LogP contribution in [0.25, 0.3) is 0 Å². The van der Waals surface area contributed by atoms with Gasteiger partial charge in [0, 0.05) is 12.6 Å². The highest BCUT2D eigenvalue weighted by molar-refractivity contribution is 5.89. The molecule has 0 aliphatic carbocycles. The predicted octanol–water partition coefficient (Wildman–Crippen LogP) is 2.91. The molecule has 0 radical (unpaired) electrons. The van der Waals surface area contributed by atoms with Crippen molar-refractivity contribution in [3.63, 3.8) is 0 Å². The van der Waals surface area contributed by atoms with Gasteiger partial charge in [-0.25, -0.2) is 4.79 Å². The number of carboxylic acids is 1. The van der Waals surface area contributed by atoms with Crippen LogP contribution in [0.4, 0.5) is 11.4 Å². The maximum absolute atomic E-state index is 11.1. The molecule has 2 rings (SSSR count). The van der Waals surface area contributed by atoms with Crippen LogP contribution in [-0.4, -0.2) is 23.1 Å². The number of methoxy groups -OCH3 is 1. The van der Waals surface area contributed by atoms with E-state index in [-0.39, 0.29) is 16.9 Å².